The molecule has 0 radical (unpaired) electrons. The molecule has 0 spiro atoms. The fourth-order valence-corrected chi connectivity index (χ4v) is 5.14. The van der Waals surface area contributed by atoms with Crippen molar-refractivity contribution in [1.82, 2.24) is 0 Å². The number of rotatable bonds is 3. The molecule has 0 aliphatic heterocycles. The molecule has 0 N–H and O–H groups in total. The second kappa shape index (κ2) is 8.17. The molecular formula is C26H37F. The fourth-order valence-electron chi connectivity index (χ4n) is 5.14. The van der Waals surface area contributed by atoms with Gasteiger partial charge < -0.3 is 0 Å². The van der Waals surface area contributed by atoms with E-state index in [2.05, 4.69) is 44.2 Å². The van der Waals surface area contributed by atoms with Crippen LogP contribution in [0.3, 0.4) is 0 Å². The third kappa shape index (κ3) is 4.28. The zero-order valence-electron chi connectivity index (χ0n) is 16.9. The summed E-state index contributed by atoms with van der Waals surface area (Å²) in [5, 5.41) is 0. The summed E-state index contributed by atoms with van der Waals surface area (Å²) >= 11 is 0. The van der Waals surface area contributed by atoms with Crippen molar-refractivity contribution in [3.63, 3.8) is 0 Å². The molecule has 1 heteroatoms. The molecule has 2 saturated carbocycles. The van der Waals surface area contributed by atoms with Gasteiger partial charge in [-0.15, -0.1) is 0 Å². The van der Waals surface area contributed by atoms with Crippen molar-refractivity contribution >= 4 is 0 Å². The van der Waals surface area contributed by atoms with Crippen LogP contribution in [0, 0.1) is 17.7 Å². The van der Waals surface area contributed by atoms with Crippen LogP contribution in [0.15, 0.2) is 42.5 Å². The van der Waals surface area contributed by atoms with Gasteiger partial charge in [0.2, 0.25) is 0 Å². The van der Waals surface area contributed by atoms with Crippen LogP contribution >= 0.6 is 0 Å². The Morgan fingerprint density at radius 3 is 1.67 bits per heavy atom. The Balaban J connectivity index is 0.00000150. The summed E-state index contributed by atoms with van der Waals surface area (Å²) in [4.78, 5) is 0. The standard InChI is InChI=1S/C26H33F.2H2/c1-18-3-7-20(8-4-18)21-11-13-23(14-12-21)25-16-15-24(17-26(25)27)22-9-5-19(2)6-10-22;;/h11-20,22H,3-10H2,1-2H3;2*1H. The Morgan fingerprint density at radius 2 is 1.15 bits per heavy atom. The normalized spacial score (nSPS) is 28.9. The minimum Gasteiger partial charge on any atom is -0.206 e. The SMILES string of the molecule is CC1CCC(c2ccc(-c3ccc(C4CCC(C)CC4)cc3F)cc2)CC1.[HH].[HH]. The van der Waals surface area contributed by atoms with Crippen molar-refractivity contribution in [2.75, 3.05) is 0 Å². The Bertz CT molecular complexity index is 755. The van der Waals surface area contributed by atoms with Gasteiger partial charge in [-0.25, -0.2) is 4.39 Å². The van der Waals surface area contributed by atoms with Gasteiger partial charge in [-0.2, -0.15) is 0 Å². The van der Waals surface area contributed by atoms with E-state index in [0.29, 0.717) is 11.8 Å². The first-order chi connectivity index (χ1) is 13.1. The zero-order chi connectivity index (χ0) is 18.8. The van der Waals surface area contributed by atoms with E-state index in [4.69, 9.17) is 0 Å². The predicted octanol–water partition coefficient (Wildman–Crippen LogP) is 8.57. The predicted molar refractivity (Wildman–Crippen MR) is 117 cm³/mol. The maximum absolute atomic E-state index is 14.9. The molecular weight excluding hydrogens is 331 g/mol. The van der Waals surface area contributed by atoms with Crippen molar-refractivity contribution in [3.8, 4) is 11.1 Å². The van der Waals surface area contributed by atoms with Crippen molar-refractivity contribution in [2.24, 2.45) is 11.8 Å². The summed E-state index contributed by atoms with van der Waals surface area (Å²) in [6.45, 7) is 4.69. The van der Waals surface area contributed by atoms with E-state index in [1.165, 1.54) is 62.5 Å². The molecule has 0 aromatic heterocycles. The molecule has 0 amide bonds. The lowest BCUT2D eigenvalue weighted by Crippen LogP contribution is -2.11. The molecule has 0 atom stereocenters. The molecule has 27 heavy (non-hydrogen) atoms. The van der Waals surface area contributed by atoms with Gasteiger partial charge in [0.15, 0.2) is 0 Å². The van der Waals surface area contributed by atoms with Gasteiger partial charge in [0.05, 0.1) is 0 Å². The highest BCUT2D eigenvalue weighted by Gasteiger charge is 2.22. The van der Waals surface area contributed by atoms with Crippen LogP contribution in [-0.2, 0) is 0 Å². The first-order valence-electron chi connectivity index (χ1n) is 11.0. The molecule has 2 aliphatic rings. The van der Waals surface area contributed by atoms with E-state index in [0.717, 1.165) is 23.0 Å². The molecule has 2 aromatic carbocycles. The van der Waals surface area contributed by atoms with Gasteiger partial charge >= 0.3 is 0 Å². The van der Waals surface area contributed by atoms with Crippen LogP contribution in [0.25, 0.3) is 11.1 Å². The third-order valence-electron chi connectivity index (χ3n) is 7.19. The molecule has 2 fully saturated rings. The van der Waals surface area contributed by atoms with Crippen molar-refractivity contribution < 1.29 is 7.24 Å². The van der Waals surface area contributed by atoms with E-state index in [1.54, 1.807) is 6.07 Å². The van der Waals surface area contributed by atoms with Crippen LogP contribution in [-0.4, -0.2) is 0 Å². The molecule has 0 heterocycles. The van der Waals surface area contributed by atoms with Gasteiger partial charge in [-0.1, -0.05) is 75.9 Å². The Morgan fingerprint density at radius 1 is 0.667 bits per heavy atom. The van der Waals surface area contributed by atoms with E-state index in [1.807, 2.05) is 6.07 Å². The largest absolute Gasteiger partial charge is 0.206 e. The van der Waals surface area contributed by atoms with Crippen molar-refractivity contribution in [2.45, 2.75) is 77.0 Å². The average molecular weight is 369 g/mol. The van der Waals surface area contributed by atoms with Gasteiger partial charge in [0.1, 0.15) is 5.82 Å². The smallest absolute Gasteiger partial charge is 0.131 e. The first kappa shape index (κ1) is 18.7. The Labute approximate surface area is 167 Å². The fraction of sp³-hybridized carbons (Fsp3) is 0.538. The summed E-state index contributed by atoms with van der Waals surface area (Å²) < 4.78 is 14.9. The highest BCUT2D eigenvalue weighted by atomic mass is 19.1. The second-order valence-electron chi connectivity index (χ2n) is 9.27. The van der Waals surface area contributed by atoms with Crippen LogP contribution < -0.4 is 0 Å². The summed E-state index contributed by atoms with van der Waals surface area (Å²) in [6, 6.07) is 14.7. The number of benzene rings is 2. The minimum absolute atomic E-state index is 0. The van der Waals surface area contributed by atoms with Gasteiger partial charge in [0.25, 0.3) is 0 Å². The molecule has 4 rings (SSSR count). The number of halogens is 1. The van der Waals surface area contributed by atoms with Gasteiger partial charge in [-0.05, 0) is 72.1 Å². The van der Waals surface area contributed by atoms with E-state index < -0.39 is 0 Å². The third-order valence-corrected chi connectivity index (χ3v) is 7.19. The molecule has 2 aromatic rings. The zero-order valence-corrected chi connectivity index (χ0v) is 16.9. The summed E-state index contributed by atoms with van der Waals surface area (Å²) in [5.74, 6) is 2.87. The quantitative estimate of drug-likeness (QED) is 0.509. The molecule has 0 nitrogen and oxygen atoms in total. The van der Waals surface area contributed by atoms with Gasteiger partial charge in [-0.3, -0.25) is 0 Å². The summed E-state index contributed by atoms with van der Waals surface area (Å²) in [6.07, 6.45) is 10.2. The minimum atomic E-state index is -0.0645. The monoisotopic (exact) mass is 368 g/mol. The molecule has 0 bridgehead atoms. The Kier molecular flexibility index (Phi) is 5.66. The first-order valence-corrected chi connectivity index (χ1v) is 11.0. The van der Waals surface area contributed by atoms with Crippen LogP contribution in [0.4, 0.5) is 4.39 Å². The summed E-state index contributed by atoms with van der Waals surface area (Å²) in [7, 11) is 0. The van der Waals surface area contributed by atoms with Crippen molar-refractivity contribution in [1.29, 1.82) is 0 Å². The molecule has 0 saturated heterocycles. The van der Waals surface area contributed by atoms with Gasteiger partial charge in [0, 0.05) is 8.42 Å². The Hall–Kier alpha value is -1.63. The lowest BCUT2D eigenvalue weighted by atomic mass is 9.79. The summed E-state index contributed by atoms with van der Waals surface area (Å²) in [5.41, 5.74) is 4.37. The number of hydrogen-bond acceptors (Lipinski definition) is 0. The van der Waals surface area contributed by atoms with E-state index in [-0.39, 0.29) is 8.67 Å². The topological polar surface area (TPSA) is 0 Å². The lowest BCUT2D eigenvalue weighted by Gasteiger charge is -2.27. The lowest BCUT2D eigenvalue weighted by molar-refractivity contribution is 0.347. The van der Waals surface area contributed by atoms with E-state index >= 15 is 0 Å². The second-order valence-corrected chi connectivity index (χ2v) is 9.27. The van der Waals surface area contributed by atoms with Crippen LogP contribution in [0.1, 0.15) is 91.0 Å². The van der Waals surface area contributed by atoms with Crippen LogP contribution in [0.2, 0.25) is 0 Å². The average Bonchev–Trinajstić information content (AvgIpc) is 2.69. The van der Waals surface area contributed by atoms with Crippen LogP contribution in [0.5, 0.6) is 0 Å². The van der Waals surface area contributed by atoms with Crippen molar-refractivity contribution in [3.05, 3.63) is 59.4 Å². The highest BCUT2D eigenvalue weighted by molar-refractivity contribution is 5.65. The number of hydrogen-bond donors (Lipinski definition) is 0. The maximum atomic E-state index is 14.9. The van der Waals surface area contributed by atoms with E-state index in [9.17, 15) is 4.39 Å². The molecule has 2 aliphatic carbocycles. The molecule has 148 valence electrons. The molecule has 0 unspecified atom stereocenters. The maximum Gasteiger partial charge on any atom is 0.131 e. The highest BCUT2D eigenvalue weighted by Crippen LogP contribution is 2.38.